The quantitative estimate of drug-likeness (QED) is 0.593. The van der Waals surface area contributed by atoms with E-state index in [0.29, 0.717) is 16.5 Å². The van der Waals surface area contributed by atoms with Gasteiger partial charge in [-0.1, -0.05) is 11.6 Å². The van der Waals surface area contributed by atoms with Crippen molar-refractivity contribution in [2.75, 3.05) is 6.61 Å². The van der Waals surface area contributed by atoms with E-state index in [1.165, 1.54) is 0 Å². The number of aromatic nitrogens is 3. The molecule has 1 aromatic heterocycles. The zero-order chi connectivity index (χ0) is 19.4. The molecule has 27 heavy (non-hydrogen) atoms. The average molecular weight is 404 g/mol. The number of aliphatic carboxylic acids is 1. The molecule has 0 saturated carbocycles. The second kappa shape index (κ2) is 8.45. The minimum Gasteiger partial charge on any atom is -0.482 e. The van der Waals surface area contributed by atoms with Crippen LogP contribution in [-0.2, 0) is 10.5 Å². The number of carbonyl (C=O) groups is 1. The number of rotatable bonds is 7. The van der Waals surface area contributed by atoms with Crippen LogP contribution in [0.4, 0.5) is 0 Å². The number of halogens is 1. The predicted molar refractivity (Wildman–Crippen MR) is 105 cm³/mol. The molecule has 0 aliphatic rings. The van der Waals surface area contributed by atoms with Gasteiger partial charge in [-0.3, -0.25) is 0 Å². The van der Waals surface area contributed by atoms with Gasteiger partial charge in [0.1, 0.15) is 5.75 Å². The molecule has 6 nitrogen and oxygen atoms in total. The molecule has 0 atom stereocenters. The van der Waals surface area contributed by atoms with Crippen LogP contribution < -0.4 is 4.74 Å². The Morgan fingerprint density at radius 2 is 1.93 bits per heavy atom. The van der Waals surface area contributed by atoms with Gasteiger partial charge < -0.3 is 9.84 Å². The van der Waals surface area contributed by atoms with Crippen molar-refractivity contribution in [3.05, 3.63) is 64.4 Å². The minimum atomic E-state index is -0.993. The zero-order valence-electron chi connectivity index (χ0n) is 14.8. The van der Waals surface area contributed by atoms with E-state index in [-0.39, 0.29) is 6.61 Å². The Morgan fingerprint density at radius 3 is 2.59 bits per heavy atom. The molecule has 3 rings (SSSR count). The summed E-state index contributed by atoms with van der Waals surface area (Å²) in [5, 5.41) is 18.4. The van der Waals surface area contributed by atoms with E-state index in [9.17, 15) is 4.79 Å². The van der Waals surface area contributed by atoms with Crippen molar-refractivity contribution in [1.82, 2.24) is 15.0 Å². The Balaban J connectivity index is 1.67. The van der Waals surface area contributed by atoms with Gasteiger partial charge >= 0.3 is 5.97 Å². The smallest absolute Gasteiger partial charge is 0.341 e. The van der Waals surface area contributed by atoms with Gasteiger partial charge in [0.2, 0.25) is 0 Å². The summed E-state index contributed by atoms with van der Waals surface area (Å²) >= 11 is 7.56. The summed E-state index contributed by atoms with van der Waals surface area (Å²) in [6.07, 6.45) is 0. The van der Waals surface area contributed by atoms with Crippen LogP contribution in [0.2, 0.25) is 5.02 Å². The molecule has 0 fully saturated rings. The molecule has 3 aromatic rings. The first-order valence-electron chi connectivity index (χ1n) is 8.19. The number of hydrogen-bond donors (Lipinski definition) is 1. The molecule has 0 bridgehead atoms. The first-order valence-corrected chi connectivity index (χ1v) is 9.55. The third-order valence-electron chi connectivity index (χ3n) is 3.81. The maximum absolute atomic E-state index is 10.6. The van der Waals surface area contributed by atoms with Crippen molar-refractivity contribution < 1.29 is 14.6 Å². The number of thioether (sulfide) groups is 1. The molecule has 0 aliphatic carbocycles. The molecule has 0 unspecified atom stereocenters. The molecule has 0 aliphatic heterocycles. The fraction of sp³-hybridized carbons (Fsp3) is 0.211. The lowest BCUT2D eigenvalue weighted by atomic mass is 10.2. The second-order valence-electron chi connectivity index (χ2n) is 5.90. The topological polar surface area (TPSA) is 77.2 Å². The Bertz CT molecular complexity index is 957. The predicted octanol–water partition coefficient (Wildman–Crippen LogP) is 4.29. The van der Waals surface area contributed by atoms with E-state index in [4.69, 9.17) is 21.4 Å². The van der Waals surface area contributed by atoms with Gasteiger partial charge in [-0.2, -0.15) is 15.0 Å². The van der Waals surface area contributed by atoms with Gasteiger partial charge in [0, 0.05) is 15.7 Å². The van der Waals surface area contributed by atoms with Crippen LogP contribution in [0.3, 0.4) is 0 Å². The van der Waals surface area contributed by atoms with E-state index in [1.807, 2.05) is 38.1 Å². The summed E-state index contributed by atoms with van der Waals surface area (Å²) in [5.74, 6) is 0.257. The lowest BCUT2D eigenvalue weighted by molar-refractivity contribution is -0.139. The van der Waals surface area contributed by atoms with Crippen LogP contribution in [0.25, 0.3) is 5.69 Å². The van der Waals surface area contributed by atoms with Crippen LogP contribution in [0.1, 0.15) is 17.0 Å². The number of aryl methyl sites for hydroxylation is 2. The lowest BCUT2D eigenvalue weighted by Crippen LogP contribution is -2.09. The molecule has 140 valence electrons. The summed E-state index contributed by atoms with van der Waals surface area (Å²) in [6.45, 7) is 3.48. The van der Waals surface area contributed by atoms with E-state index >= 15 is 0 Å². The van der Waals surface area contributed by atoms with Crippen LogP contribution in [0.5, 0.6) is 5.75 Å². The van der Waals surface area contributed by atoms with E-state index in [2.05, 4.69) is 10.2 Å². The van der Waals surface area contributed by atoms with Crippen molar-refractivity contribution in [3.63, 3.8) is 0 Å². The van der Waals surface area contributed by atoms with Crippen LogP contribution in [0.15, 0.2) is 47.4 Å². The van der Waals surface area contributed by atoms with Crippen molar-refractivity contribution in [2.24, 2.45) is 0 Å². The van der Waals surface area contributed by atoms with E-state index < -0.39 is 5.97 Å². The second-order valence-corrected chi connectivity index (χ2v) is 7.38. The first-order chi connectivity index (χ1) is 12.9. The highest BCUT2D eigenvalue weighted by Crippen LogP contribution is 2.28. The summed E-state index contributed by atoms with van der Waals surface area (Å²) in [4.78, 5) is 13.3. The molecule has 0 radical (unpaired) electrons. The van der Waals surface area contributed by atoms with Crippen LogP contribution >= 0.6 is 23.4 Å². The number of benzene rings is 2. The molecule has 1 heterocycles. The fourth-order valence-corrected chi connectivity index (χ4v) is 3.52. The Morgan fingerprint density at radius 1 is 1.19 bits per heavy atom. The van der Waals surface area contributed by atoms with Gasteiger partial charge in [0.15, 0.2) is 6.61 Å². The van der Waals surface area contributed by atoms with Crippen molar-refractivity contribution in [1.29, 1.82) is 0 Å². The van der Waals surface area contributed by atoms with Gasteiger partial charge in [-0.05, 0) is 61.9 Å². The Kier molecular flexibility index (Phi) is 6.03. The number of nitrogens with zero attached hydrogens (tertiary/aromatic N) is 3. The highest BCUT2D eigenvalue weighted by atomic mass is 35.5. The maximum Gasteiger partial charge on any atom is 0.341 e. The largest absolute Gasteiger partial charge is 0.482 e. The number of ether oxygens (including phenoxy) is 1. The minimum absolute atomic E-state index is 0.347. The van der Waals surface area contributed by atoms with E-state index in [1.54, 1.807) is 34.8 Å². The van der Waals surface area contributed by atoms with Crippen molar-refractivity contribution in [3.8, 4) is 11.4 Å². The van der Waals surface area contributed by atoms with Crippen molar-refractivity contribution in [2.45, 2.75) is 24.5 Å². The third kappa shape index (κ3) is 5.02. The van der Waals surface area contributed by atoms with Gasteiger partial charge in [-0.25, -0.2) is 4.79 Å². The highest BCUT2D eigenvalue weighted by Gasteiger charge is 2.10. The van der Waals surface area contributed by atoms with Gasteiger partial charge in [-0.15, -0.1) is 11.8 Å². The monoisotopic (exact) mass is 403 g/mol. The molecule has 0 saturated heterocycles. The average Bonchev–Trinajstić information content (AvgIpc) is 3.00. The molecule has 0 amide bonds. The maximum atomic E-state index is 10.6. The number of carboxylic acid groups (broad SMARTS) is 1. The Hall–Kier alpha value is -2.51. The van der Waals surface area contributed by atoms with Gasteiger partial charge in [0.05, 0.1) is 17.1 Å². The van der Waals surface area contributed by atoms with Crippen molar-refractivity contribution >= 4 is 29.3 Å². The normalized spacial score (nSPS) is 10.8. The highest BCUT2D eigenvalue weighted by molar-refractivity contribution is 7.98. The summed E-state index contributed by atoms with van der Waals surface area (Å²) in [5.41, 5.74) is 3.52. The summed E-state index contributed by atoms with van der Waals surface area (Å²) in [7, 11) is 0. The van der Waals surface area contributed by atoms with Crippen LogP contribution in [-0.4, -0.2) is 32.7 Å². The fourth-order valence-electron chi connectivity index (χ4n) is 2.40. The standard InChI is InChI=1S/C19H18ClN3O3S/c1-12-9-16(7-8-18(12)26-10-19(24)25)27-11-17-13(2)21-23(22-17)15-5-3-14(20)4-6-15/h3-9H,10-11H2,1-2H3,(H,24,25). The third-order valence-corrected chi connectivity index (χ3v) is 5.07. The Labute approximate surface area is 166 Å². The molecule has 1 N–H and O–H groups in total. The van der Waals surface area contributed by atoms with E-state index in [0.717, 1.165) is 27.5 Å². The first kappa shape index (κ1) is 19.3. The molecule has 0 spiro atoms. The number of carboxylic acids is 1. The summed E-state index contributed by atoms with van der Waals surface area (Å²) in [6, 6.07) is 13.0. The van der Waals surface area contributed by atoms with Gasteiger partial charge in [0.25, 0.3) is 0 Å². The molecular formula is C19H18ClN3O3S. The molecular weight excluding hydrogens is 386 g/mol. The SMILES string of the molecule is Cc1cc(SCc2nn(-c3ccc(Cl)cc3)nc2C)ccc1OCC(=O)O. The van der Waals surface area contributed by atoms with Crippen LogP contribution in [0, 0.1) is 13.8 Å². The molecule has 2 aromatic carbocycles. The molecule has 8 heteroatoms. The lowest BCUT2D eigenvalue weighted by Gasteiger charge is -2.08. The number of hydrogen-bond acceptors (Lipinski definition) is 5. The summed E-state index contributed by atoms with van der Waals surface area (Å²) < 4.78 is 5.25. The zero-order valence-corrected chi connectivity index (χ0v) is 16.4.